The largest absolute Gasteiger partial charge is 0.497 e. The monoisotopic (exact) mass is 412 g/mol. The van der Waals surface area contributed by atoms with Gasteiger partial charge in [0.2, 0.25) is 0 Å². The summed E-state index contributed by atoms with van der Waals surface area (Å²) in [6.45, 7) is 0. The summed E-state index contributed by atoms with van der Waals surface area (Å²) in [6, 6.07) is 13.4. The summed E-state index contributed by atoms with van der Waals surface area (Å²) in [5, 5.41) is 1.86. The first-order valence-electron chi connectivity index (χ1n) is 9.92. The second kappa shape index (κ2) is 8.47. The van der Waals surface area contributed by atoms with Gasteiger partial charge in [-0.1, -0.05) is 23.7 Å². The van der Waals surface area contributed by atoms with E-state index in [0.29, 0.717) is 22.1 Å². The van der Waals surface area contributed by atoms with E-state index in [1.54, 1.807) is 19.4 Å². The zero-order chi connectivity index (χ0) is 20.4. The van der Waals surface area contributed by atoms with E-state index < -0.39 is 0 Å². The van der Waals surface area contributed by atoms with Crippen molar-refractivity contribution >= 4 is 22.4 Å². The molecule has 1 heterocycles. The number of benzene rings is 2. The normalized spacial score (nSPS) is 20.4. The van der Waals surface area contributed by atoms with Gasteiger partial charge in [0.15, 0.2) is 0 Å². The molecule has 3 N–H and O–H groups in total. The second-order valence-corrected chi connectivity index (χ2v) is 8.04. The SMILES string of the molecule is COc1ccc(C(N)C2CCC(Oc3cc4cc[nH]c(=O)c4cc3Cl)CC2)cc1. The first kappa shape index (κ1) is 19.8. The zero-order valence-electron chi connectivity index (χ0n) is 16.4. The molecule has 0 amide bonds. The molecule has 29 heavy (non-hydrogen) atoms. The van der Waals surface area contributed by atoms with Gasteiger partial charge in [-0.15, -0.1) is 0 Å². The van der Waals surface area contributed by atoms with Crippen LogP contribution in [0.3, 0.4) is 0 Å². The van der Waals surface area contributed by atoms with Gasteiger partial charge in [-0.2, -0.15) is 0 Å². The molecule has 1 atom stereocenters. The van der Waals surface area contributed by atoms with Gasteiger partial charge in [0.25, 0.3) is 5.56 Å². The molecule has 0 aliphatic heterocycles. The standard InChI is InChI=1S/C23H25ClN2O3/c1-28-17-6-2-14(3-7-17)22(25)15-4-8-18(9-5-15)29-21-12-16-10-11-26-23(27)19(16)13-20(21)24/h2-3,6-7,10-13,15,18,22H,4-5,8-9,25H2,1H3,(H,26,27). The lowest BCUT2D eigenvalue weighted by atomic mass is 9.80. The summed E-state index contributed by atoms with van der Waals surface area (Å²) in [7, 11) is 1.66. The Balaban J connectivity index is 1.40. The number of halogens is 1. The van der Waals surface area contributed by atoms with Gasteiger partial charge in [-0.3, -0.25) is 4.79 Å². The average Bonchev–Trinajstić information content (AvgIpc) is 2.75. The van der Waals surface area contributed by atoms with Crippen LogP contribution in [0.1, 0.15) is 37.3 Å². The van der Waals surface area contributed by atoms with Crippen LogP contribution in [0, 0.1) is 5.92 Å². The number of rotatable bonds is 5. The molecular weight excluding hydrogens is 388 g/mol. The smallest absolute Gasteiger partial charge is 0.255 e. The minimum atomic E-state index is -0.149. The molecule has 0 saturated heterocycles. The maximum absolute atomic E-state index is 11.9. The van der Waals surface area contributed by atoms with Gasteiger partial charge < -0.3 is 20.2 Å². The van der Waals surface area contributed by atoms with E-state index in [4.69, 9.17) is 26.8 Å². The lowest BCUT2D eigenvalue weighted by Gasteiger charge is -2.32. The Morgan fingerprint density at radius 1 is 1.10 bits per heavy atom. The van der Waals surface area contributed by atoms with Crippen molar-refractivity contribution in [3.05, 3.63) is 69.6 Å². The van der Waals surface area contributed by atoms with Crippen molar-refractivity contribution in [2.45, 2.75) is 37.8 Å². The van der Waals surface area contributed by atoms with E-state index in [-0.39, 0.29) is 17.7 Å². The van der Waals surface area contributed by atoms with E-state index in [9.17, 15) is 4.79 Å². The van der Waals surface area contributed by atoms with Gasteiger partial charge in [-0.25, -0.2) is 0 Å². The number of H-pyrrole nitrogens is 1. The number of nitrogens with one attached hydrogen (secondary N) is 1. The number of fused-ring (bicyclic) bond motifs is 1. The fraction of sp³-hybridized carbons (Fsp3) is 0.348. The number of aromatic nitrogens is 1. The number of nitrogens with two attached hydrogens (primary N) is 1. The summed E-state index contributed by atoms with van der Waals surface area (Å²) in [6.07, 6.45) is 5.60. The third-order valence-corrected chi connectivity index (χ3v) is 6.14. The maximum atomic E-state index is 11.9. The maximum Gasteiger partial charge on any atom is 0.255 e. The van der Waals surface area contributed by atoms with Crippen LogP contribution in [0.5, 0.6) is 11.5 Å². The number of aromatic amines is 1. The highest BCUT2D eigenvalue weighted by Crippen LogP contribution is 2.37. The van der Waals surface area contributed by atoms with E-state index in [0.717, 1.165) is 42.4 Å². The molecule has 5 nitrogen and oxygen atoms in total. The Hall–Kier alpha value is -2.50. The Kier molecular flexibility index (Phi) is 5.79. The number of pyridine rings is 1. The number of methoxy groups -OCH3 is 1. The summed E-state index contributed by atoms with van der Waals surface area (Å²) >= 11 is 6.37. The molecule has 1 saturated carbocycles. The van der Waals surface area contributed by atoms with E-state index >= 15 is 0 Å². The summed E-state index contributed by atoms with van der Waals surface area (Å²) in [5.74, 6) is 1.90. The first-order chi connectivity index (χ1) is 14.0. The van der Waals surface area contributed by atoms with Gasteiger partial charge in [0.1, 0.15) is 11.5 Å². The van der Waals surface area contributed by atoms with Crippen LogP contribution >= 0.6 is 11.6 Å². The van der Waals surface area contributed by atoms with E-state index in [1.807, 2.05) is 36.4 Å². The lowest BCUT2D eigenvalue weighted by molar-refractivity contribution is 0.123. The van der Waals surface area contributed by atoms with Crippen LogP contribution in [0.2, 0.25) is 5.02 Å². The summed E-state index contributed by atoms with van der Waals surface area (Å²) in [4.78, 5) is 14.6. The fourth-order valence-electron chi connectivity index (χ4n) is 4.12. The predicted molar refractivity (Wildman–Crippen MR) is 116 cm³/mol. The minimum Gasteiger partial charge on any atom is -0.497 e. The Labute approximate surface area is 174 Å². The van der Waals surface area contributed by atoms with Crippen molar-refractivity contribution in [2.24, 2.45) is 11.7 Å². The molecule has 2 aromatic carbocycles. The van der Waals surface area contributed by atoms with E-state index in [2.05, 4.69) is 4.98 Å². The van der Waals surface area contributed by atoms with Gasteiger partial charge >= 0.3 is 0 Å². The van der Waals surface area contributed by atoms with Crippen LogP contribution in [0.15, 0.2) is 53.5 Å². The van der Waals surface area contributed by atoms with Crippen LogP contribution < -0.4 is 20.8 Å². The second-order valence-electron chi connectivity index (χ2n) is 7.63. The Bertz CT molecular complexity index is 1040. The van der Waals surface area contributed by atoms with Crippen molar-refractivity contribution in [2.75, 3.05) is 7.11 Å². The molecule has 1 unspecified atom stereocenters. The van der Waals surface area contributed by atoms with E-state index in [1.165, 1.54) is 0 Å². The summed E-state index contributed by atoms with van der Waals surface area (Å²) in [5.41, 5.74) is 7.51. The quantitative estimate of drug-likeness (QED) is 0.629. The van der Waals surface area contributed by atoms with Crippen molar-refractivity contribution in [3.8, 4) is 11.5 Å². The molecular formula is C23H25ClN2O3. The third kappa shape index (κ3) is 4.26. The van der Waals surface area contributed by atoms with Crippen molar-refractivity contribution in [1.82, 2.24) is 4.98 Å². The van der Waals surface area contributed by atoms with Crippen LogP contribution in [0.4, 0.5) is 0 Å². The topological polar surface area (TPSA) is 77.3 Å². The molecule has 3 aromatic rings. The molecule has 0 bridgehead atoms. The fourth-order valence-corrected chi connectivity index (χ4v) is 4.33. The predicted octanol–water partition coefficient (Wildman–Crippen LogP) is 4.83. The molecule has 4 rings (SSSR count). The van der Waals surface area contributed by atoms with Gasteiger partial charge in [-0.05, 0) is 72.9 Å². The average molecular weight is 413 g/mol. The minimum absolute atomic E-state index is 0.0119. The Morgan fingerprint density at radius 2 is 1.83 bits per heavy atom. The number of hydrogen-bond donors (Lipinski definition) is 2. The van der Waals surface area contributed by atoms with Crippen LogP contribution in [0.25, 0.3) is 10.8 Å². The molecule has 0 spiro atoms. The molecule has 1 aliphatic rings. The molecule has 1 aromatic heterocycles. The van der Waals surface area contributed by atoms with Crippen LogP contribution in [-0.4, -0.2) is 18.2 Å². The van der Waals surface area contributed by atoms with Crippen molar-refractivity contribution < 1.29 is 9.47 Å². The summed E-state index contributed by atoms with van der Waals surface area (Å²) < 4.78 is 11.4. The van der Waals surface area contributed by atoms with Crippen molar-refractivity contribution in [3.63, 3.8) is 0 Å². The molecule has 1 aliphatic carbocycles. The molecule has 6 heteroatoms. The highest BCUT2D eigenvalue weighted by Gasteiger charge is 2.28. The van der Waals surface area contributed by atoms with Crippen molar-refractivity contribution in [1.29, 1.82) is 0 Å². The Morgan fingerprint density at radius 3 is 2.52 bits per heavy atom. The first-order valence-corrected chi connectivity index (χ1v) is 10.3. The van der Waals surface area contributed by atoms with Crippen LogP contribution in [-0.2, 0) is 0 Å². The number of hydrogen-bond acceptors (Lipinski definition) is 4. The molecule has 0 radical (unpaired) electrons. The van der Waals surface area contributed by atoms with Gasteiger partial charge in [0.05, 0.1) is 18.2 Å². The highest BCUT2D eigenvalue weighted by atomic mass is 35.5. The third-order valence-electron chi connectivity index (χ3n) is 5.85. The number of ether oxygens (including phenoxy) is 2. The molecule has 152 valence electrons. The highest BCUT2D eigenvalue weighted by molar-refractivity contribution is 6.32. The lowest BCUT2D eigenvalue weighted by Crippen LogP contribution is -2.30. The molecule has 1 fully saturated rings. The van der Waals surface area contributed by atoms with Gasteiger partial charge in [0, 0.05) is 17.6 Å². The zero-order valence-corrected chi connectivity index (χ0v) is 17.1.